The van der Waals surface area contributed by atoms with E-state index >= 15 is 0 Å². The van der Waals surface area contributed by atoms with Gasteiger partial charge in [0.2, 0.25) is 0 Å². The van der Waals surface area contributed by atoms with Crippen molar-refractivity contribution in [1.82, 2.24) is 4.90 Å². The first kappa shape index (κ1) is 13.8. The highest BCUT2D eigenvalue weighted by atomic mass is 16.2. The summed E-state index contributed by atoms with van der Waals surface area (Å²) in [6, 6.07) is 0. The van der Waals surface area contributed by atoms with Crippen LogP contribution in [0.2, 0.25) is 0 Å². The van der Waals surface area contributed by atoms with Crippen molar-refractivity contribution >= 4 is 11.9 Å². The zero-order valence-electron chi connectivity index (χ0n) is 12.3. The Morgan fingerprint density at radius 3 is 2.42 bits per heavy atom. The first-order valence-corrected chi connectivity index (χ1v) is 6.86. The maximum absolute atomic E-state index is 12.8. The van der Waals surface area contributed by atoms with Gasteiger partial charge in [-0.2, -0.15) is 0 Å². The Balaban J connectivity index is 2.74. The van der Waals surface area contributed by atoms with Crippen molar-refractivity contribution in [3.8, 4) is 0 Å². The highest BCUT2D eigenvalue weighted by molar-refractivity contribution is 6.10. The van der Waals surface area contributed by atoms with Crippen LogP contribution in [0.1, 0.15) is 40.0 Å². The number of hydrogen-bond acceptors (Lipinski definition) is 3. The summed E-state index contributed by atoms with van der Waals surface area (Å²) < 4.78 is 0. The zero-order chi connectivity index (χ0) is 14.4. The van der Waals surface area contributed by atoms with Gasteiger partial charge in [0.1, 0.15) is 0 Å². The van der Waals surface area contributed by atoms with E-state index in [0.29, 0.717) is 5.96 Å². The molecule has 1 spiro atoms. The van der Waals surface area contributed by atoms with E-state index in [2.05, 4.69) is 32.3 Å². The average molecular weight is 261 g/mol. The average Bonchev–Trinajstić information content (AvgIpc) is 2.78. The lowest BCUT2D eigenvalue weighted by molar-refractivity contribution is -0.132. The molecule has 2 rings (SSSR count). The fourth-order valence-corrected chi connectivity index (χ4v) is 3.82. The molecule has 4 heteroatoms. The molecule has 0 aromatic carbocycles. The van der Waals surface area contributed by atoms with Gasteiger partial charge in [-0.15, -0.1) is 0 Å². The Bertz CT molecular complexity index is 500. The van der Waals surface area contributed by atoms with Gasteiger partial charge in [-0.25, -0.2) is 4.99 Å². The molecule has 19 heavy (non-hydrogen) atoms. The molecule has 0 saturated heterocycles. The zero-order valence-corrected chi connectivity index (χ0v) is 12.3. The van der Waals surface area contributed by atoms with Crippen LogP contribution >= 0.6 is 0 Å². The van der Waals surface area contributed by atoms with Crippen LogP contribution in [0, 0.1) is 5.41 Å². The predicted molar refractivity (Wildman–Crippen MR) is 77.7 cm³/mol. The van der Waals surface area contributed by atoms with Crippen molar-refractivity contribution in [2.24, 2.45) is 16.1 Å². The van der Waals surface area contributed by atoms with Gasteiger partial charge >= 0.3 is 0 Å². The fraction of sp³-hybridized carbons (Fsp3) is 0.600. The summed E-state index contributed by atoms with van der Waals surface area (Å²) in [5, 5.41) is 0. The van der Waals surface area contributed by atoms with Gasteiger partial charge in [0, 0.05) is 12.5 Å². The third-order valence-corrected chi connectivity index (χ3v) is 5.02. The first-order valence-electron chi connectivity index (χ1n) is 6.86. The molecule has 2 N–H and O–H groups in total. The molecular weight excluding hydrogens is 238 g/mol. The molecular formula is C15H23N3O. The number of nitrogens with two attached hydrogens (primary N) is 1. The van der Waals surface area contributed by atoms with E-state index in [1.165, 1.54) is 10.5 Å². The molecule has 0 saturated carbocycles. The minimum absolute atomic E-state index is 0.0135. The van der Waals surface area contributed by atoms with Crippen LogP contribution in [0.5, 0.6) is 0 Å². The number of hydrogen-bond donors (Lipinski definition) is 1. The van der Waals surface area contributed by atoms with E-state index in [4.69, 9.17) is 5.73 Å². The molecule has 1 aliphatic heterocycles. The Kier molecular flexibility index (Phi) is 3.07. The number of likely N-dealkylation sites (N-methyl/N-ethyl adjacent to an activating group) is 1. The molecule has 2 aliphatic rings. The summed E-state index contributed by atoms with van der Waals surface area (Å²) in [6.45, 7) is 10.2. The van der Waals surface area contributed by atoms with E-state index in [1.807, 2.05) is 0 Å². The van der Waals surface area contributed by atoms with Gasteiger partial charge < -0.3 is 5.73 Å². The second-order valence-electron chi connectivity index (χ2n) is 5.61. The Hall–Kier alpha value is -1.58. The van der Waals surface area contributed by atoms with Crippen molar-refractivity contribution in [1.29, 1.82) is 0 Å². The number of rotatable bonds is 3. The quantitative estimate of drug-likeness (QED) is 0.847. The fourth-order valence-electron chi connectivity index (χ4n) is 3.82. The normalized spacial score (nSPS) is 29.4. The number of aliphatic imine (C=N–C) groups is 1. The molecule has 4 nitrogen and oxygen atoms in total. The van der Waals surface area contributed by atoms with Crippen LogP contribution in [0.25, 0.3) is 0 Å². The first-order chi connectivity index (χ1) is 8.90. The summed E-state index contributed by atoms with van der Waals surface area (Å²) in [5.41, 5.74) is 7.05. The molecule has 0 aromatic rings. The molecule has 0 bridgehead atoms. The molecule has 0 aromatic heterocycles. The Morgan fingerprint density at radius 1 is 1.47 bits per heavy atom. The van der Waals surface area contributed by atoms with E-state index in [-0.39, 0.29) is 11.3 Å². The second-order valence-corrected chi connectivity index (χ2v) is 5.61. The monoisotopic (exact) mass is 261 g/mol. The lowest BCUT2D eigenvalue weighted by atomic mass is 9.65. The summed E-state index contributed by atoms with van der Waals surface area (Å²) in [6.07, 6.45) is 4.47. The van der Waals surface area contributed by atoms with E-state index in [0.717, 1.165) is 24.8 Å². The van der Waals surface area contributed by atoms with Crippen molar-refractivity contribution in [3.63, 3.8) is 0 Å². The van der Waals surface area contributed by atoms with Crippen LogP contribution in [0.4, 0.5) is 0 Å². The number of carbonyl (C=O) groups excluding carboxylic acids is 1. The SMILES string of the molecule is C=CC1=C(C)CC(CC)(CC)C12N=C(N)N(C)C2=O. The van der Waals surface area contributed by atoms with Gasteiger partial charge in [-0.3, -0.25) is 9.69 Å². The predicted octanol–water partition coefficient (Wildman–Crippen LogP) is 2.22. The van der Waals surface area contributed by atoms with Crippen LogP contribution in [0.3, 0.4) is 0 Å². The van der Waals surface area contributed by atoms with E-state index < -0.39 is 5.54 Å². The van der Waals surface area contributed by atoms with Crippen molar-refractivity contribution in [2.45, 2.75) is 45.6 Å². The van der Waals surface area contributed by atoms with Crippen molar-refractivity contribution < 1.29 is 4.79 Å². The van der Waals surface area contributed by atoms with Crippen LogP contribution in [-0.2, 0) is 4.79 Å². The summed E-state index contributed by atoms with van der Waals surface area (Å²) >= 11 is 0. The third-order valence-electron chi connectivity index (χ3n) is 5.02. The van der Waals surface area contributed by atoms with Crippen LogP contribution < -0.4 is 5.73 Å². The lowest BCUT2D eigenvalue weighted by Crippen LogP contribution is -2.52. The highest BCUT2D eigenvalue weighted by Crippen LogP contribution is 2.58. The molecule has 1 aliphatic carbocycles. The standard InChI is InChI=1S/C15H23N3O/c1-6-11-10(4)9-14(7-2,8-3)15(11)12(19)18(5)13(16)17-15/h6H,1,7-9H2,2-5H3,(H2,16,17). The second kappa shape index (κ2) is 4.22. The minimum Gasteiger partial charge on any atom is -0.369 e. The number of amides is 1. The van der Waals surface area contributed by atoms with Gasteiger partial charge in [0.25, 0.3) is 5.91 Å². The number of guanidine groups is 1. The topological polar surface area (TPSA) is 58.7 Å². The molecule has 1 amide bonds. The molecule has 1 unspecified atom stereocenters. The molecule has 104 valence electrons. The van der Waals surface area contributed by atoms with Crippen molar-refractivity contribution in [2.75, 3.05) is 7.05 Å². The maximum atomic E-state index is 12.8. The lowest BCUT2D eigenvalue weighted by Gasteiger charge is -2.40. The number of nitrogens with zero attached hydrogens (tertiary/aromatic N) is 2. The largest absolute Gasteiger partial charge is 0.369 e. The van der Waals surface area contributed by atoms with Crippen molar-refractivity contribution in [3.05, 3.63) is 23.8 Å². The Morgan fingerprint density at radius 2 is 2.05 bits per heavy atom. The molecule has 0 radical (unpaired) electrons. The van der Waals surface area contributed by atoms with E-state index in [1.54, 1.807) is 13.1 Å². The number of allylic oxidation sites excluding steroid dienone is 1. The van der Waals surface area contributed by atoms with Gasteiger partial charge in [0.05, 0.1) is 0 Å². The molecule has 0 fully saturated rings. The Labute approximate surface area is 115 Å². The van der Waals surface area contributed by atoms with Crippen LogP contribution in [0.15, 0.2) is 28.8 Å². The summed E-state index contributed by atoms with van der Waals surface area (Å²) in [7, 11) is 1.69. The summed E-state index contributed by atoms with van der Waals surface area (Å²) in [4.78, 5) is 18.9. The highest BCUT2D eigenvalue weighted by Gasteiger charge is 2.64. The smallest absolute Gasteiger partial charge is 0.262 e. The van der Waals surface area contributed by atoms with Gasteiger partial charge in [-0.05, 0) is 31.8 Å². The van der Waals surface area contributed by atoms with Gasteiger partial charge in [0.15, 0.2) is 11.5 Å². The number of carbonyl (C=O) groups is 1. The maximum Gasteiger partial charge on any atom is 0.262 e. The van der Waals surface area contributed by atoms with Gasteiger partial charge in [-0.1, -0.05) is 32.1 Å². The van der Waals surface area contributed by atoms with E-state index in [9.17, 15) is 4.79 Å². The minimum atomic E-state index is -0.846. The molecule has 1 atom stereocenters. The summed E-state index contributed by atoms with van der Waals surface area (Å²) in [5.74, 6) is 0.297. The third kappa shape index (κ3) is 1.40. The molecule has 1 heterocycles. The van der Waals surface area contributed by atoms with Crippen LogP contribution in [-0.4, -0.2) is 29.4 Å².